The van der Waals surface area contributed by atoms with E-state index in [1.807, 2.05) is 31.0 Å². The van der Waals surface area contributed by atoms with E-state index in [9.17, 15) is 4.39 Å². The number of benzene rings is 2. The molecule has 0 unspecified atom stereocenters. The highest BCUT2D eigenvalue weighted by molar-refractivity contribution is 5.88. The minimum Gasteiger partial charge on any atom is -0.493 e. The lowest BCUT2D eigenvalue weighted by atomic mass is 9.92. The van der Waals surface area contributed by atoms with Gasteiger partial charge < -0.3 is 18.8 Å². The molecule has 2 aliphatic rings. The Balaban J connectivity index is 1.73. The van der Waals surface area contributed by atoms with E-state index in [4.69, 9.17) is 19.0 Å². The molecular formula is C30H37FN2O4. The van der Waals surface area contributed by atoms with E-state index in [0.29, 0.717) is 32.1 Å². The summed E-state index contributed by atoms with van der Waals surface area (Å²) in [6, 6.07) is 10.9. The molecule has 3 aromatic rings. The molecule has 0 amide bonds. The molecule has 0 saturated carbocycles. The second kappa shape index (κ2) is 10.1. The Morgan fingerprint density at radius 3 is 2.43 bits per heavy atom. The second-order valence-corrected chi connectivity index (χ2v) is 11.0. The SMILES string of the molecule is COc1cc2c(cc1OC(C)C)-c1c(-c3ccc(F)cc3)c3c(n1CC2)CON(C(C)(C)C)CCOC3. The molecule has 0 aliphatic carbocycles. The molecule has 0 radical (unpaired) electrons. The average Bonchev–Trinajstić information content (AvgIpc) is 3.20. The van der Waals surface area contributed by atoms with Gasteiger partial charge in [0.1, 0.15) is 12.4 Å². The number of nitrogens with zero attached hydrogens (tertiary/aromatic N) is 2. The normalized spacial score (nSPS) is 16.3. The maximum Gasteiger partial charge on any atom is 0.162 e. The van der Waals surface area contributed by atoms with Crippen LogP contribution in [0, 0.1) is 5.82 Å². The quantitative estimate of drug-likeness (QED) is 0.410. The molecule has 1 aromatic heterocycles. The van der Waals surface area contributed by atoms with Crippen molar-refractivity contribution in [1.82, 2.24) is 9.63 Å². The van der Waals surface area contributed by atoms with Gasteiger partial charge in [0.05, 0.1) is 37.8 Å². The van der Waals surface area contributed by atoms with Crippen LogP contribution in [0.2, 0.25) is 0 Å². The topological polar surface area (TPSA) is 45.1 Å². The smallest absolute Gasteiger partial charge is 0.162 e. The Hall–Kier alpha value is -2.87. The molecule has 37 heavy (non-hydrogen) atoms. The van der Waals surface area contributed by atoms with Gasteiger partial charge in [-0.15, -0.1) is 0 Å². The molecule has 5 rings (SSSR count). The van der Waals surface area contributed by atoms with Crippen molar-refractivity contribution in [2.75, 3.05) is 20.3 Å². The summed E-state index contributed by atoms with van der Waals surface area (Å²) < 4.78 is 34.4. The molecule has 0 spiro atoms. The molecule has 6 nitrogen and oxygen atoms in total. The maximum atomic E-state index is 13.9. The van der Waals surface area contributed by atoms with Gasteiger partial charge in [0.2, 0.25) is 0 Å². The lowest BCUT2D eigenvalue weighted by molar-refractivity contribution is -0.223. The number of aromatic nitrogens is 1. The van der Waals surface area contributed by atoms with Gasteiger partial charge in [0, 0.05) is 35.3 Å². The van der Waals surface area contributed by atoms with Crippen molar-refractivity contribution in [3.63, 3.8) is 0 Å². The second-order valence-electron chi connectivity index (χ2n) is 11.0. The number of rotatable bonds is 4. The van der Waals surface area contributed by atoms with Gasteiger partial charge >= 0.3 is 0 Å². The zero-order chi connectivity index (χ0) is 26.3. The van der Waals surface area contributed by atoms with Crippen molar-refractivity contribution in [2.24, 2.45) is 0 Å². The highest BCUT2D eigenvalue weighted by Crippen LogP contribution is 2.47. The van der Waals surface area contributed by atoms with Crippen molar-refractivity contribution in [1.29, 1.82) is 0 Å². The summed E-state index contributed by atoms with van der Waals surface area (Å²) in [5, 5.41) is 2.01. The standard InChI is InChI=1S/C30H37FN2O4/c1-19(2)37-27-16-23-21(15-26(27)34-6)11-12-32-25-18-36-33(30(3,4)5)13-14-35-17-24(25)28(29(23)32)20-7-9-22(31)10-8-20/h7-10,15-16,19H,11-14,17-18H2,1-6H3. The van der Waals surface area contributed by atoms with E-state index in [1.165, 1.54) is 17.7 Å². The van der Waals surface area contributed by atoms with Crippen molar-refractivity contribution in [3.05, 3.63) is 59.0 Å². The van der Waals surface area contributed by atoms with E-state index in [2.05, 4.69) is 37.5 Å². The third-order valence-electron chi connectivity index (χ3n) is 7.02. The molecule has 2 aliphatic heterocycles. The van der Waals surface area contributed by atoms with Crippen LogP contribution in [0.1, 0.15) is 51.4 Å². The first-order valence-electron chi connectivity index (χ1n) is 13.0. The molecule has 0 atom stereocenters. The number of halogens is 1. The first-order chi connectivity index (χ1) is 17.7. The number of hydrogen-bond acceptors (Lipinski definition) is 5. The van der Waals surface area contributed by atoms with E-state index < -0.39 is 0 Å². The van der Waals surface area contributed by atoms with Crippen LogP contribution in [0.15, 0.2) is 36.4 Å². The lowest BCUT2D eigenvalue weighted by Gasteiger charge is -2.34. The molecule has 0 fully saturated rings. The van der Waals surface area contributed by atoms with Gasteiger partial charge in [-0.05, 0) is 76.4 Å². The fourth-order valence-electron chi connectivity index (χ4n) is 5.32. The summed E-state index contributed by atoms with van der Waals surface area (Å²) in [6.07, 6.45) is 0.863. The maximum absolute atomic E-state index is 13.9. The van der Waals surface area contributed by atoms with Crippen LogP contribution in [0.4, 0.5) is 4.39 Å². The molecule has 7 heteroatoms. The van der Waals surface area contributed by atoms with E-state index in [-0.39, 0.29) is 17.5 Å². The van der Waals surface area contributed by atoms with Crippen molar-refractivity contribution in [2.45, 2.75) is 72.4 Å². The predicted octanol–water partition coefficient (Wildman–Crippen LogP) is 6.38. The van der Waals surface area contributed by atoms with Gasteiger partial charge in [-0.25, -0.2) is 4.39 Å². The Labute approximate surface area is 218 Å². The summed E-state index contributed by atoms with van der Waals surface area (Å²) in [5.41, 5.74) is 7.43. The Bertz CT molecular complexity index is 1270. The third kappa shape index (κ3) is 5.00. The fraction of sp³-hybridized carbons (Fsp3) is 0.467. The molecule has 3 heterocycles. The summed E-state index contributed by atoms with van der Waals surface area (Å²) in [7, 11) is 1.68. The van der Waals surface area contributed by atoms with Crippen molar-refractivity contribution < 1.29 is 23.4 Å². The highest BCUT2D eigenvalue weighted by Gasteiger charge is 2.32. The highest BCUT2D eigenvalue weighted by atomic mass is 19.1. The fourth-order valence-corrected chi connectivity index (χ4v) is 5.32. The van der Waals surface area contributed by atoms with Crippen molar-refractivity contribution >= 4 is 0 Å². The summed E-state index contributed by atoms with van der Waals surface area (Å²) in [6.45, 7) is 13.4. The Kier molecular flexibility index (Phi) is 7.05. The zero-order valence-electron chi connectivity index (χ0n) is 22.7. The number of fused-ring (bicyclic) bond motifs is 5. The lowest BCUT2D eigenvalue weighted by Crippen LogP contribution is -2.43. The Morgan fingerprint density at radius 1 is 1.00 bits per heavy atom. The third-order valence-corrected chi connectivity index (χ3v) is 7.02. The molecule has 2 aromatic carbocycles. The monoisotopic (exact) mass is 508 g/mol. The first kappa shape index (κ1) is 25.8. The number of hydroxylamine groups is 2. The van der Waals surface area contributed by atoms with Crippen LogP contribution in [-0.2, 0) is 35.8 Å². The minimum atomic E-state index is -0.255. The van der Waals surface area contributed by atoms with E-state index >= 15 is 0 Å². The van der Waals surface area contributed by atoms with Crippen LogP contribution in [0.25, 0.3) is 22.4 Å². The van der Waals surface area contributed by atoms with Crippen LogP contribution < -0.4 is 9.47 Å². The van der Waals surface area contributed by atoms with Gasteiger partial charge in [0.25, 0.3) is 0 Å². The van der Waals surface area contributed by atoms with E-state index in [1.54, 1.807) is 7.11 Å². The molecule has 0 N–H and O–H groups in total. The van der Waals surface area contributed by atoms with Gasteiger partial charge in [-0.2, -0.15) is 5.06 Å². The summed E-state index contributed by atoms with van der Waals surface area (Å²) >= 11 is 0. The summed E-state index contributed by atoms with van der Waals surface area (Å²) in [5.74, 6) is 1.19. The number of methoxy groups -OCH3 is 1. The molecule has 0 saturated heterocycles. The van der Waals surface area contributed by atoms with Gasteiger partial charge in [-0.3, -0.25) is 4.84 Å². The minimum absolute atomic E-state index is 0.00746. The van der Waals surface area contributed by atoms with Gasteiger partial charge in [0.15, 0.2) is 11.5 Å². The van der Waals surface area contributed by atoms with E-state index in [0.717, 1.165) is 52.4 Å². The first-order valence-corrected chi connectivity index (χ1v) is 13.0. The van der Waals surface area contributed by atoms with Crippen molar-refractivity contribution in [3.8, 4) is 33.9 Å². The largest absolute Gasteiger partial charge is 0.493 e. The van der Waals surface area contributed by atoms with Crippen LogP contribution in [0.3, 0.4) is 0 Å². The zero-order valence-corrected chi connectivity index (χ0v) is 22.7. The number of ether oxygens (including phenoxy) is 3. The predicted molar refractivity (Wildman–Crippen MR) is 142 cm³/mol. The molecule has 0 bridgehead atoms. The molecular weight excluding hydrogens is 471 g/mol. The Morgan fingerprint density at radius 2 is 1.76 bits per heavy atom. The number of aryl methyl sites for hydroxylation is 1. The van der Waals surface area contributed by atoms with Crippen LogP contribution in [0.5, 0.6) is 11.5 Å². The van der Waals surface area contributed by atoms with Crippen LogP contribution in [-0.4, -0.2) is 41.5 Å². The van der Waals surface area contributed by atoms with Crippen LogP contribution >= 0.6 is 0 Å². The average molecular weight is 509 g/mol. The number of hydrogen-bond donors (Lipinski definition) is 0. The summed E-state index contributed by atoms with van der Waals surface area (Å²) in [4.78, 5) is 6.42. The molecule has 198 valence electrons. The van der Waals surface area contributed by atoms with Gasteiger partial charge in [-0.1, -0.05) is 12.1 Å².